The zero-order valence-electron chi connectivity index (χ0n) is 13.0. The number of amides is 3. The molecule has 8 heteroatoms. The van der Waals surface area contributed by atoms with Gasteiger partial charge in [-0.05, 0) is 30.7 Å². The highest BCUT2D eigenvalue weighted by Gasteiger charge is 2.33. The van der Waals surface area contributed by atoms with Crippen LogP contribution in [0.25, 0.3) is 0 Å². The Bertz CT molecular complexity index is 679. The Hall–Kier alpha value is -3.16. The van der Waals surface area contributed by atoms with Crippen molar-refractivity contribution in [3.8, 4) is 5.75 Å². The normalized spacial score (nSPS) is 13.6. The van der Waals surface area contributed by atoms with E-state index in [1.54, 1.807) is 0 Å². The minimum Gasteiger partial charge on any atom is -0.393 e. The van der Waals surface area contributed by atoms with Gasteiger partial charge in [-0.3, -0.25) is 19.2 Å². The lowest BCUT2D eigenvalue weighted by Crippen LogP contribution is -2.33. The van der Waals surface area contributed by atoms with Crippen molar-refractivity contribution >= 4 is 29.6 Å². The number of hydroxylamine groups is 2. The monoisotopic (exact) mass is 332 g/mol. The molecule has 126 valence electrons. The Labute approximate surface area is 138 Å². The second-order valence-electron chi connectivity index (χ2n) is 4.96. The van der Waals surface area contributed by atoms with E-state index in [2.05, 4.69) is 16.7 Å². The van der Waals surface area contributed by atoms with Crippen LogP contribution in [0.4, 0.5) is 10.5 Å². The highest BCUT2D eigenvalue weighted by molar-refractivity contribution is 6.03. The first-order valence-corrected chi connectivity index (χ1v) is 7.25. The van der Waals surface area contributed by atoms with Crippen LogP contribution in [0.2, 0.25) is 0 Å². The highest BCUT2D eigenvalue weighted by atomic mass is 16.8. The molecule has 1 aliphatic rings. The quantitative estimate of drug-likeness (QED) is 0.384. The second-order valence-corrected chi connectivity index (χ2v) is 4.96. The van der Waals surface area contributed by atoms with Crippen LogP contribution in [0, 0.1) is 0 Å². The minimum atomic E-state index is -1.20. The van der Waals surface area contributed by atoms with Crippen molar-refractivity contribution < 1.29 is 28.8 Å². The van der Waals surface area contributed by atoms with Gasteiger partial charge in [0.2, 0.25) is 0 Å². The highest BCUT2D eigenvalue weighted by Crippen LogP contribution is 2.18. The average molecular weight is 332 g/mol. The Morgan fingerprint density at radius 2 is 1.75 bits per heavy atom. The molecule has 1 N–H and O–H groups in total. The van der Waals surface area contributed by atoms with Crippen LogP contribution < -0.4 is 10.1 Å². The average Bonchev–Trinajstić information content (AvgIpc) is 2.87. The van der Waals surface area contributed by atoms with Gasteiger partial charge in [0.25, 0.3) is 17.7 Å². The number of benzene rings is 1. The molecule has 1 aromatic carbocycles. The van der Waals surface area contributed by atoms with Crippen molar-refractivity contribution in [2.75, 3.05) is 5.32 Å². The Morgan fingerprint density at radius 1 is 1.17 bits per heavy atom. The third-order valence-corrected chi connectivity index (χ3v) is 3.23. The number of carbonyl (C=O) groups excluding carboxylic acids is 4. The van der Waals surface area contributed by atoms with Gasteiger partial charge in [-0.25, -0.2) is 4.79 Å². The first-order chi connectivity index (χ1) is 11.4. The molecule has 8 nitrogen and oxygen atoms in total. The van der Waals surface area contributed by atoms with Gasteiger partial charge in [-0.2, -0.15) is 0 Å². The number of ether oxygens (including phenoxy) is 1. The summed E-state index contributed by atoms with van der Waals surface area (Å²) in [4.78, 5) is 50.5. The Balaban J connectivity index is 1.90. The Morgan fingerprint density at radius 3 is 2.29 bits per heavy atom. The molecule has 24 heavy (non-hydrogen) atoms. The molecule has 0 radical (unpaired) electrons. The van der Waals surface area contributed by atoms with E-state index in [4.69, 9.17) is 4.74 Å². The van der Waals surface area contributed by atoms with E-state index in [0.717, 1.165) is 0 Å². The van der Waals surface area contributed by atoms with Crippen LogP contribution in [0.3, 0.4) is 0 Å². The maximum Gasteiger partial charge on any atom is 0.539 e. The summed E-state index contributed by atoms with van der Waals surface area (Å²) in [6.45, 7) is 5.45. The van der Waals surface area contributed by atoms with Crippen LogP contribution in [-0.2, 0) is 19.2 Å². The number of nitrogens with one attached hydrogen (secondary N) is 1. The lowest BCUT2D eigenvalue weighted by atomic mass is 10.2. The second kappa shape index (κ2) is 7.40. The fourth-order valence-electron chi connectivity index (χ4n) is 1.83. The SMILES string of the molecule is C=C(CC)C(=O)Nc1ccc(OC(=O)ON2C(=O)CCC2=O)cc1. The summed E-state index contributed by atoms with van der Waals surface area (Å²) in [6.07, 6.45) is -0.658. The maximum atomic E-state index is 11.7. The smallest absolute Gasteiger partial charge is 0.393 e. The van der Waals surface area contributed by atoms with Gasteiger partial charge < -0.3 is 10.1 Å². The summed E-state index contributed by atoms with van der Waals surface area (Å²) < 4.78 is 4.86. The van der Waals surface area contributed by atoms with Gasteiger partial charge in [0.05, 0.1) is 0 Å². The largest absolute Gasteiger partial charge is 0.539 e. The van der Waals surface area contributed by atoms with Gasteiger partial charge in [0.15, 0.2) is 0 Å². The van der Waals surface area contributed by atoms with Crippen LogP contribution in [-0.4, -0.2) is 28.9 Å². The fourth-order valence-corrected chi connectivity index (χ4v) is 1.83. The van der Waals surface area contributed by atoms with Gasteiger partial charge in [-0.15, -0.1) is 0 Å². The molecule has 0 aromatic heterocycles. The minimum absolute atomic E-state index is 0.00353. The number of hydrogen-bond acceptors (Lipinski definition) is 6. The predicted octanol–water partition coefficient (Wildman–Crippen LogP) is 2.17. The summed E-state index contributed by atoms with van der Waals surface area (Å²) in [5.74, 6) is -1.35. The van der Waals surface area contributed by atoms with E-state index in [-0.39, 0.29) is 24.5 Å². The molecule has 1 heterocycles. The standard InChI is InChI=1S/C16H16N2O6/c1-3-10(2)15(21)17-11-4-6-12(7-5-11)23-16(22)24-18-13(19)8-9-14(18)20/h4-7H,2-3,8-9H2,1H3,(H,17,21). The van der Waals surface area contributed by atoms with Crippen LogP contribution >= 0.6 is 0 Å². The van der Waals surface area contributed by atoms with Crippen LogP contribution in [0.1, 0.15) is 26.2 Å². The van der Waals surface area contributed by atoms with Crippen molar-refractivity contribution in [3.05, 3.63) is 36.4 Å². The van der Waals surface area contributed by atoms with Crippen molar-refractivity contribution in [2.24, 2.45) is 0 Å². The molecule has 2 rings (SSSR count). The number of imide groups is 1. The van der Waals surface area contributed by atoms with E-state index in [1.165, 1.54) is 24.3 Å². The molecule has 1 saturated heterocycles. The van der Waals surface area contributed by atoms with E-state index < -0.39 is 18.0 Å². The van der Waals surface area contributed by atoms with E-state index in [0.29, 0.717) is 22.7 Å². The zero-order valence-corrected chi connectivity index (χ0v) is 13.0. The van der Waals surface area contributed by atoms with E-state index in [1.807, 2.05) is 6.92 Å². The zero-order chi connectivity index (χ0) is 17.7. The lowest BCUT2D eigenvalue weighted by molar-refractivity contribution is -0.174. The summed E-state index contributed by atoms with van der Waals surface area (Å²) in [5, 5.41) is 3.03. The van der Waals surface area contributed by atoms with Gasteiger partial charge in [0.1, 0.15) is 5.75 Å². The summed E-state index contributed by atoms with van der Waals surface area (Å²) in [7, 11) is 0. The number of nitrogens with zero attached hydrogens (tertiary/aromatic N) is 1. The lowest BCUT2D eigenvalue weighted by Gasteiger charge is -2.12. The molecule has 0 atom stereocenters. The van der Waals surface area contributed by atoms with Crippen molar-refractivity contribution in [3.63, 3.8) is 0 Å². The van der Waals surface area contributed by atoms with Crippen LogP contribution in [0.15, 0.2) is 36.4 Å². The summed E-state index contributed by atoms with van der Waals surface area (Å²) in [6, 6.07) is 5.91. The summed E-state index contributed by atoms with van der Waals surface area (Å²) in [5.41, 5.74) is 0.944. The summed E-state index contributed by atoms with van der Waals surface area (Å²) >= 11 is 0. The third kappa shape index (κ3) is 4.19. The van der Waals surface area contributed by atoms with Crippen molar-refractivity contribution in [2.45, 2.75) is 26.2 Å². The van der Waals surface area contributed by atoms with Crippen LogP contribution in [0.5, 0.6) is 5.75 Å². The molecule has 1 aromatic rings. The number of rotatable bonds is 5. The molecule has 0 spiro atoms. The molecule has 0 unspecified atom stereocenters. The van der Waals surface area contributed by atoms with E-state index in [9.17, 15) is 19.2 Å². The molecular weight excluding hydrogens is 316 g/mol. The van der Waals surface area contributed by atoms with Gasteiger partial charge in [-0.1, -0.05) is 18.6 Å². The van der Waals surface area contributed by atoms with Gasteiger partial charge >= 0.3 is 6.16 Å². The maximum absolute atomic E-state index is 11.7. The first kappa shape index (κ1) is 17.2. The molecule has 1 aliphatic heterocycles. The first-order valence-electron chi connectivity index (χ1n) is 7.25. The van der Waals surface area contributed by atoms with Crippen molar-refractivity contribution in [1.82, 2.24) is 5.06 Å². The topological polar surface area (TPSA) is 102 Å². The molecule has 3 amide bonds. The molecular formula is C16H16N2O6. The molecule has 1 fully saturated rings. The third-order valence-electron chi connectivity index (χ3n) is 3.23. The number of hydrogen-bond donors (Lipinski definition) is 1. The number of anilines is 1. The predicted molar refractivity (Wildman–Crippen MR) is 82.7 cm³/mol. The number of carbonyl (C=O) groups is 4. The fraction of sp³-hybridized carbons (Fsp3) is 0.250. The van der Waals surface area contributed by atoms with Gasteiger partial charge in [0, 0.05) is 24.1 Å². The molecule has 0 bridgehead atoms. The van der Waals surface area contributed by atoms with E-state index >= 15 is 0 Å². The molecule has 0 saturated carbocycles. The Kier molecular flexibility index (Phi) is 5.31. The molecule has 0 aliphatic carbocycles. The van der Waals surface area contributed by atoms with Crippen molar-refractivity contribution in [1.29, 1.82) is 0 Å².